The van der Waals surface area contributed by atoms with Crippen LogP contribution in [0.5, 0.6) is 0 Å². The molecule has 0 saturated carbocycles. The molecule has 0 spiro atoms. The summed E-state index contributed by atoms with van der Waals surface area (Å²) in [5.74, 6) is 0. The van der Waals surface area contributed by atoms with Gasteiger partial charge in [0.2, 0.25) is 0 Å². The molecule has 0 bridgehead atoms. The number of nitrogens with zero attached hydrogens (tertiary/aromatic N) is 2. The highest BCUT2D eigenvalue weighted by atomic mass is 31.2. The molecule has 1 aliphatic rings. The van der Waals surface area contributed by atoms with Crippen LogP contribution in [0, 0.1) is 0 Å². The smallest absolute Gasteiger partial charge is 0.171 e. The monoisotopic (exact) mass is 876 g/mol. The third-order valence-corrected chi connectivity index (χ3v) is 16.9. The van der Waals surface area contributed by atoms with E-state index in [2.05, 4.69) is 199 Å². The Bertz CT molecular complexity index is 3810. The molecule has 2 aromatic heterocycles. The summed E-state index contributed by atoms with van der Waals surface area (Å²) >= 11 is 0. The van der Waals surface area contributed by atoms with Gasteiger partial charge >= 0.3 is 0 Å². The van der Waals surface area contributed by atoms with Crippen molar-refractivity contribution in [1.82, 2.24) is 9.38 Å². The van der Waals surface area contributed by atoms with Gasteiger partial charge in [-0.1, -0.05) is 213 Å². The Hall–Kier alpha value is -8.10. The van der Waals surface area contributed by atoms with Crippen LogP contribution in [0.15, 0.2) is 255 Å². The number of allylic oxidation sites excluding steroid dienone is 5. The lowest BCUT2D eigenvalue weighted by Crippen LogP contribution is -2.30. The minimum atomic E-state index is -3.38. The van der Waals surface area contributed by atoms with E-state index >= 15 is 4.57 Å². The molecule has 9 aromatic carbocycles. The minimum Gasteiger partial charge on any atom is -0.309 e. The van der Waals surface area contributed by atoms with Crippen LogP contribution in [0.2, 0.25) is 0 Å². The Morgan fingerprint density at radius 3 is 1.75 bits per heavy atom. The van der Waals surface area contributed by atoms with Crippen LogP contribution in [0.25, 0.3) is 71.7 Å². The molecule has 0 amide bonds. The zero-order valence-corrected chi connectivity index (χ0v) is 37.9. The fourth-order valence-electron chi connectivity index (χ4n) is 10.8. The molecule has 0 saturated heterocycles. The van der Waals surface area contributed by atoms with Gasteiger partial charge in [0.15, 0.2) is 7.14 Å². The van der Waals surface area contributed by atoms with Crippen LogP contribution in [-0.2, 0) is 9.98 Å². The van der Waals surface area contributed by atoms with E-state index in [0.717, 1.165) is 82.7 Å². The summed E-state index contributed by atoms with van der Waals surface area (Å²) in [5, 5.41) is 5.78. The molecule has 3 nitrogen and oxygen atoms in total. The van der Waals surface area contributed by atoms with E-state index in [1.165, 1.54) is 21.9 Å². The highest BCUT2D eigenvalue weighted by molar-refractivity contribution is 7.82. The second-order valence-electron chi connectivity index (χ2n) is 17.4. The predicted octanol–water partition coefficient (Wildman–Crippen LogP) is 15.5. The number of hydrogen-bond donors (Lipinski definition) is 0. The normalized spacial score (nSPS) is 14.1. The SMILES string of the molecule is C=C/C(=C\C=C/C)P(=O)(c1ccccc1)c1ccc2c(c1)C(c1ccccc1)(c1ccccc1)c1cc(-c3ccc(-c4ccc5c6ccccc6n6c7ccccc7nc6c5c4)cc3)ccc1-2. The molecule has 0 fully saturated rings. The topological polar surface area (TPSA) is 34.4 Å². The van der Waals surface area contributed by atoms with Crippen molar-refractivity contribution in [2.75, 3.05) is 0 Å². The molecule has 0 radical (unpaired) electrons. The maximum absolute atomic E-state index is 16.0. The number of pyridine rings is 1. The number of para-hydroxylation sites is 3. The largest absolute Gasteiger partial charge is 0.309 e. The summed E-state index contributed by atoms with van der Waals surface area (Å²) in [5.41, 5.74) is 15.0. The van der Waals surface area contributed by atoms with Crippen LogP contribution < -0.4 is 10.6 Å². The van der Waals surface area contributed by atoms with Crippen molar-refractivity contribution in [3.63, 3.8) is 0 Å². The van der Waals surface area contributed by atoms with Crippen LogP contribution in [0.1, 0.15) is 29.2 Å². The van der Waals surface area contributed by atoms with E-state index in [1.54, 1.807) is 6.08 Å². The quantitative estimate of drug-likeness (QED) is 0.0822. The molecule has 0 N–H and O–H groups in total. The van der Waals surface area contributed by atoms with Crippen molar-refractivity contribution in [2.45, 2.75) is 12.3 Å². The Morgan fingerprint density at radius 2 is 1.07 bits per heavy atom. The van der Waals surface area contributed by atoms with Gasteiger partial charge in [-0.05, 0) is 104 Å². The van der Waals surface area contributed by atoms with E-state index in [1.807, 2.05) is 55.5 Å². The number of hydrogen-bond acceptors (Lipinski definition) is 2. The molecule has 4 heteroatoms. The highest BCUT2D eigenvalue weighted by Crippen LogP contribution is 2.59. The van der Waals surface area contributed by atoms with E-state index in [-0.39, 0.29) is 0 Å². The maximum Gasteiger partial charge on any atom is 0.171 e. The molecule has 2 heterocycles. The molecule has 11 aromatic rings. The van der Waals surface area contributed by atoms with E-state index in [0.29, 0.717) is 5.31 Å². The molecule has 67 heavy (non-hydrogen) atoms. The molecule has 1 aliphatic carbocycles. The first kappa shape index (κ1) is 40.4. The van der Waals surface area contributed by atoms with Gasteiger partial charge in [-0.25, -0.2) is 4.98 Å². The maximum atomic E-state index is 16.0. The van der Waals surface area contributed by atoms with Gasteiger partial charge in [-0.3, -0.25) is 4.40 Å². The summed E-state index contributed by atoms with van der Waals surface area (Å²) in [6, 6.07) is 77.8. The standard InChI is InChI=1S/C63H45N2OP/c1-3-5-23-49(4-2)67(66,50-24-13-8-14-25-50)51-36-39-54-53-38-35-46(41-57(53)63(58(54)42-51,47-19-9-6-10-20-47)48-21-11-7-12-22-48)44-32-30-43(31-33-44)45-34-37-52-55-26-15-17-28-60(55)65-61-29-18-16-27-59(61)64-62(65)56(52)40-45/h3-42H,2H2,1H3/b5-3-,49-23+. The summed E-state index contributed by atoms with van der Waals surface area (Å²) in [6.07, 6.45) is 7.62. The van der Waals surface area contributed by atoms with Gasteiger partial charge in [-0.2, -0.15) is 0 Å². The van der Waals surface area contributed by atoms with Crippen molar-refractivity contribution in [2.24, 2.45) is 0 Å². The number of rotatable bonds is 9. The van der Waals surface area contributed by atoms with Gasteiger partial charge in [-0.15, -0.1) is 0 Å². The molecular weight excluding hydrogens is 832 g/mol. The summed E-state index contributed by atoms with van der Waals surface area (Å²) in [6.45, 7) is 6.16. The van der Waals surface area contributed by atoms with Crippen LogP contribution in [-0.4, -0.2) is 9.38 Å². The van der Waals surface area contributed by atoms with Crippen LogP contribution >= 0.6 is 7.14 Å². The van der Waals surface area contributed by atoms with Crippen molar-refractivity contribution >= 4 is 56.1 Å². The average molecular weight is 877 g/mol. The molecule has 12 rings (SSSR count). The first-order chi connectivity index (χ1) is 33.0. The molecule has 1 unspecified atom stereocenters. The lowest BCUT2D eigenvalue weighted by molar-refractivity contribution is 0.591. The Labute approximate surface area is 390 Å². The zero-order valence-electron chi connectivity index (χ0n) is 37.1. The number of aromatic nitrogens is 2. The van der Waals surface area contributed by atoms with Crippen LogP contribution in [0.3, 0.4) is 0 Å². The third-order valence-electron chi connectivity index (χ3n) is 13.9. The predicted molar refractivity (Wildman–Crippen MR) is 282 cm³/mol. The fourth-order valence-corrected chi connectivity index (χ4v) is 13.4. The molecule has 1 atom stereocenters. The fraction of sp³-hybridized carbons (Fsp3) is 0.0317. The van der Waals surface area contributed by atoms with Crippen molar-refractivity contribution < 1.29 is 4.57 Å². The second kappa shape index (κ2) is 16.1. The molecular formula is C63H45N2OP. The van der Waals surface area contributed by atoms with Gasteiger partial charge in [0.05, 0.1) is 22.0 Å². The number of benzene rings is 9. The number of imidazole rings is 1. The van der Waals surface area contributed by atoms with E-state index in [9.17, 15) is 0 Å². The van der Waals surface area contributed by atoms with Gasteiger partial charge in [0.1, 0.15) is 5.65 Å². The first-order valence-electron chi connectivity index (χ1n) is 22.9. The lowest BCUT2D eigenvalue weighted by atomic mass is 9.67. The Morgan fingerprint density at radius 1 is 0.522 bits per heavy atom. The van der Waals surface area contributed by atoms with Gasteiger partial charge < -0.3 is 4.57 Å². The van der Waals surface area contributed by atoms with Crippen molar-refractivity contribution in [3.05, 3.63) is 277 Å². The Kier molecular flexibility index (Phi) is 9.71. The number of fused-ring (bicyclic) bond motifs is 11. The average Bonchev–Trinajstić information content (AvgIpc) is 3.94. The summed E-state index contributed by atoms with van der Waals surface area (Å²) < 4.78 is 18.3. The van der Waals surface area contributed by atoms with Gasteiger partial charge in [0.25, 0.3) is 0 Å². The van der Waals surface area contributed by atoms with Crippen molar-refractivity contribution in [1.29, 1.82) is 0 Å². The highest BCUT2D eigenvalue weighted by Gasteiger charge is 2.47. The van der Waals surface area contributed by atoms with Crippen molar-refractivity contribution in [3.8, 4) is 33.4 Å². The zero-order chi connectivity index (χ0) is 45.1. The van der Waals surface area contributed by atoms with Crippen LogP contribution in [0.4, 0.5) is 0 Å². The molecule has 318 valence electrons. The van der Waals surface area contributed by atoms with E-state index < -0.39 is 12.6 Å². The third kappa shape index (κ3) is 6.19. The first-order valence-corrected chi connectivity index (χ1v) is 24.6. The van der Waals surface area contributed by atoms with E-state index in [4.69, 9.17) is 4.98 Å². The summed E-state index contributed by atoms with van der Waals surface area (Å²) in [7, 11) is -3.38. The van der Waals surface area contributed by atoms with Gasteiger partial charge in [0, 0.05) is 26.7 Å². The minimum absolute atomic E-state index is 0.698. The second-order valence-corrected chi connectivity index (χ2v) is 20.1. The molecule has 0 aliphatic heterocycles. The lowest BCUT2D eigenvalue weighted by Gasteiger charge is -2.34. The summed E-state index contributed by atoms with van der Waals surface area (Å²) in [4.78, 5) is 5.17. The Balaban J connectivity index is 1.02.